The zero-order chi connectivity index (χ0) is 10.8. The Morgan fingerprint density at radius 1 is 1.13 bits per heavy atom. The third-order valence-corrected chi connectivity index (χ3v) is 2.31. The zero-order valence-electron chi connectivity index (χ0n) is 7.42. The van der Waals surface area contributed by atoms with Gasteiger partial charge < -0.3 is 0 Å². The molecule has 0 radical (unpaired) electrons. The summed E-state index contributed by atoms with van der Waals surface area (Å²) in [4.78, 5) is 7.91. The predicted molar refractivity (Wildman–Crippen MR) is 57.4 cm³/mol. The predicted octanol–water partition coefficient (Wildman–Crippen LogP) is 3.59. The van der Waals surface area contributed by atoms with Crippen molar-refractivity contribution in [2.24, 2.45) is 0 Å². The highest BCUT2D eigenvalue weighted by Crippen LogP contribution is 2.27. The van der Waals surface area contributed by atoms with Crippen molar-refractivity contribution < 1.29 is 4.39 Å². The highest BCUT2D eigenvalue weighted by atomic mass is 35.5. The van der Waals surface area contributed by atoms with Gasteiger partial charge in [0.1, 0.15) is 11.0 Å². The third-order valence-electron chi connectivity index (χ3n) is 1.81. The quantitative estimate of drug-likeness (QED) is 0.764. The molecule has 0 atom stereocenters. The first kappa shape index (κ1) is 10.3. The van der Waals surface area contributed by atoms with Crippen LogP contribution in [0.2, 0.25) is 10.2 Å². The van der Waals surface area contributed by atoms with Gasteiger partial charge in [0, 0.05) is 5.56 Å². The summed E-state index contributed by atoms with van der Waals surface area (Å²) in [7, 11) is 0. The summed E-state index contributed by atoms with van der Waals surface area (Å²) in [6, 6.07) is 4.07. The molecular formula is C10H5Cl2FN2. The van der Waals surface area contributed by atoms with E-state index in [2.05, 4.69) is 9.97 Å². The molecule has 0 aliphatic carbocycles. The number of benzene rings is 1. The van der Waals surface area contributed by atoms with Gasteiger partial charge in [0.15, 0.2) is 0 Å². The van der Waals surface area contributed by atoms with Crippen LogP contribution in [0.15, 0.2) is 30.6 Å². The van der Waals surface area contributed by atoms with Gasteiger partial charge >= 0.3 is 0 Å². The average molecular weight is 243 g/mol. The van der Waals surface area contributed by atoms with Crippen LogP contribution in [0.25, 0.3) is 11.3 Å². The molecule has 0 bridgehead atoms. The van der Waals surface area contributed by atoms with Crippen molar-refractivity contribution in [3.05, 3.63) is 46.6 Å². The van der Waals surface area contributed by atoms with E-state index in [9.17, 15) is 4.39 Å². The molecule has 2 rings (SSSR count). The Hall–Kier alpha value is -1.19. The molecule has 0 unspecified atom stereocenters. The minimum atomic E-state index is -0.390. The van der Waals surface area contributed by atoms with Gasteiger partial charge in [0.25, 0.3) is 0 Å². The first-order valence-corrected chi connectivity index (χ1v) is 4.85. The minimum absolute atomic E-state index is 0.271. The summed E-state index contributed by atoms with van der Waals surface area (Å²) in [5.41, 5.74) is 1.13. The number of hydrogen-bond acceptors (Lipinski definition) is 2. The second-order valence-corrected chi connectivity index (χ2v) is 3.65. The van der Waals surface area contributed by atoms with Crippen molar-refractivity contribution in [2.45, 2.75) is 0 Å². The smallest absolute Gasteiger partial charge is 0.148 e. The van der Waals surface area contributed by atoms with Gasteiger partial charge in [0.2, 0.25) is 0 Å². The van der Waals surface area contributed by atoms with Crippen LogP contribution >= 0.6 is 23.2 Å². The maximum absolute atomic E-state index is 12.8. The van der Waals surface area contributed by atoms with Crippen molar-refractivity contribution in [2.75, 3.05) is 0 Å². The molecule has 0 fully saturated rings. The molecule has 0 saturated carbocycles. The van der Waals surface area contributed by atoms with Crippen molar-refractivity contribution in [3.8, 4) is 11.3 Å². The lowest BCUT2D eigenvalue weighted by Crippen LogP contribution is -1.87. The topological polar surface area (TPSA) is 25.8 Å². The molecule has 0 aliphatic rings. The Morgan fingerprint density at radius 3 is 2.60 bits per heavy atom. The van der Waals surface area contributed by atoms with E-state index in [-0.39, 0.29) is 10.2 Å². The molecule has 2 aromatic rings. The monoisotopic (exact) mass is 242 g/mol. The van der Waals surface area contributed by atoms with Crippen molar-refractivity contribution in [1.82, 2.24) is 9.97 Å². The Bertz CT molecular complexity index is 503. The average Bonchev–Trinajstić information content (AvgIpc) is 2.17. The Labute approximate surface area is 95.7 Å². The molecule has 1 aromatic heterocycles. The van der Waals surface area contributed by atoms with Gasteiger partial charge in [0.05, 0.1) is 23.1 Å². The number of halogens is 3. The van der Waals surface area contributed by atoms with Crippen LogP contribution in [0.1, 0.15) is 0 Å². The maximum Gasteiger partial charge on any atom is 0.148 e. The van der Waals surface area contributed by atoms with Crippen LogP contribution in [0.5, 0.6) is 0 Å². The lowest BCUT2D eigenvalue weighted by atomic mass is 10.1. The van der Waals surface area contributed by atoms with Crippen LogP contribution in [0.4, 0.5) is 4.39 Å². The molecule has 1 heterocycles. The van der Waals surface area contributed by atoms with E-state index in [0.29, 0.717) is 11.3 Å². The lowest BCUT2D eigenvalue weighted by molar-refractivity contribution is 0.628. The molecular weight excluding hydrogens is 238 g/mol. The fourth-order valence-corrected chi connectivity index (χ4v) is 1.58. The van der Waals surface area contributed by atoms with Crippen LogP contribution in [-0.4, -0.2) is 9.97 Å². The Balaban J connectivity index is 2.54. The van der Waals surface area contributed by atoms with Gasteiger partial charge in [-0.15, -0.1) is 0 Å². The second-order valence-electron chi connectivity index (χ2n) is 2.85. The molecule has 0 saturated heterocycles. The van der Waals surface area contributed by atoms with Crippen LogP contribution in [-0.2, 0) is 0 Å². The summed E-state index contributed by atoms with van der Waals surface area (Å²) in [5.74, 6) is -0.390. The largest absolute Gasteiger partial charge is 0.259 e. The summed E-state index contributed by atoms with van der Waals surface area (Å²) < 4.78 is 12.8. The molecule has 1 aromatic carbocycles. The lowest BCUT2D eigenvalue weighted by Gasteiger charge is -2.03. The molecule has 0 amide bonds. The summed E-state index contributed by atoms with van der Waals surface area (Å²) in [6.07, 6.45) is 2.94. The van der Waals surface area contributed by atoms with Crippen LogP contribution in [0.3, 0.4) is 0 Å². The summed E-state index contributed by atoms with van der Waals surface area (Å²) in [5, 5.41) is 0.555. The number of rotatable bonds is 1. The highest BCUT2D eigenvalue weighted by Gasteiger charge is 2.06. The second kappa shape index (κ2) is 4.13. The maximum atomic E-state index is 12.8. The van der Waals surface area contributed by atoms with Crippen molar-refractivity contribution >= 4 is 23.2 Å². The standard InChI is InChI=1S/C10H5Cl2FN2/c11-8-3-6(13)1-2-7(8)9-4-14-5-10(12)15-9/h1-5H. The molecule has 0 aliphatic heterocycles. The van der Waals surface area contributed by atoms with Gasteiger partial charge in [-0.05, 0) is 18.2 Å². The van der Waals surface area contributed by atoms with Gasteiger partial charge in [-0.1, -0.05) is 23.2 Å². The number of aromatic nitrogens is 2. The molecule has 5 heteroatoms. The van der Waals surface area contributed by atoms with Crippen molar-refractivity contribution in [1.29, 1.82) is 0 Å². The normalized spacial score (nSPS) is 10.3. The molecule has 76 valence electrons. The van der Waals surface area contributed by atoms with Crippen LogP contribution in [0, 0.1) is 5.82 Å². The fourth-order valence-electron chi connectivity index (χ4n) is 1.17. The first-order valence-electron chi connectivity index (χ1n) is 4.10. The van der Waals surface area contributed by atoms with Crippen molar-refractivity contribution in [3.63, 3.8) is 0 Å². The van der Waals surface area contributed by atoms with E-state index in [1.165, 1.54) is 30.6 Å². The van der Waals surface area contributed by atoms with E-state index < -0.39 is 5.82 Å². The van der Waals surface area contributed by atoms with E-state index in [0.717, 1.165) is 0 Å². The van der Waals surface area contributed by atoms with E-state index >= 15 is 0 Å². The first-order chi connectivity index (χ1) is 7.16. The van der Waals surface area contributed by atoms with E-state index in [1.54, 1.807) is 0 Å². The molecule has 15 heavy (non-hydrogen) atoms. The van der Waals surface area contributed by atoms with Gasteiger partial charge in [-0.2, -0.15) is 0 Å². The number of nitrogens with zero attached hydrogens (tertiary/aromatic N) is 2. The van der Waals surface area contributed by atoms with E-state index in [1.807, 2.05) is 0 Å². The molecule has 0 spiro atoms. The molecule has 2 nitrogen and oxygen atoms in total. The summed E-state index contributed by atoms with van der Waals surface area (Å²) >= 11 is 11.6. The Morgan fingerprint density at radius 2 is 1.93 bits per heavy atom. The third kappa shape index (κ3) is 2.25. The van der Waals surface area contributed by atoms with E-state index in [4.69, 9.17) is 23.2 Å². The molecule has 0 N–H and O–H groups in total. The van der Waals surface area contributed by atoms with Crippen LogP contribution < -0.4 is 0 Å². The number of hydrogen-bond donors (Lipinski definition) is 0. The minimum Gasteiger partial charge on any atom is -0.259 e. The highest BCUT2D eigenvalue weighted by molar-refractivity contribution is 6.33. The van der Waals surface area contributed by atoms with Gasteiger partial charge in [-0.3, -0.25) is 4.98 Å². The zero-order valence-corrected chi connectivity index (χ0v) is 8.93. The Kier molecular flexibility index (Phi) is 2.84. The fraction of sp³-hybridized carbons (Fsp3) is 0. The van der Waals surface area contributed by atoms with Gasteiger partial charge in [-0.25, -0.2) is 9.37 Å². The summed E-state index contributed by atoms with van der Waals surface area (Å²) in [6.45, 7) is 0. The SMILES string of the molecule is Fc1ccc(-c2cncc(Cl)n2)c(Cl)c1.